The van der Waals surface area contributed by atoms with E-state index in [9.17, 15) is 26.4 Å². The van der Waals surface area contributed by atoms with Gasteiger partial charge in [0.2, 0.25) is 15.9 Å². The van der Waals surface area contributed by atoms with Crippen molar-refractivity contribution < 1.29 is 26.4 Å². The summed E-state index contributed by atoms with van der Waals surface area (Å²) >= 11 is 0. The van der Waals surface area contributed by atoms with Crippen LogP contribution >= 0.6 is 0 Å². The highest BCUT2D eigenvalue weighted by molar-refractivity contribution is 7.89. The summed E-state index contributed by atoms with van der Waals surface area (Å²) in [6.07, 6.45) is -4.17. The van der Waals surface area contributed by atoms with E-state index in [0.717, 1.165) is 6.07 Å². The number of amides is 1. The maximum Gasteiger partial charge on any atom is 0.416 e. The Morgan fingerprint density at radius 1 is 1.14 bits per heavy atom. The van der Waals surface area contributed by atoms with Crippen molar-refractivity contribution in [2.24, 2.45) is 5.92 Å². The first-order valence-corrected chi connectivity index (χ1v) is 10.0. The summed E-state index contributed by atoms with van der Waals surface area (Å²) in [5, 5.41) is 2.61. The maximum atomic E-state index is 13.2. The summed E-state index contributed by atoms with van der Waals surface area (Å²) in [7, 11) is -2.41. The molecule has 0 heterocycles. The summed E-state index contributed by atoms with van der Waals surface area (Å²) in [4.78, 5) is 12.5. The van der Waals surface area contributed by atoms with Gasteiger partial charge < -0.3 is 5.32 Å². The molecule has 9 heteroatoms. The predicted molar refractivity (Wildman–Crippen MR) is 98.3 cm³/mol. The van der Waals surface area contributed by atoms with Gasteiger partial charge in [0.25, 0.3) is 0 Å². The van der Waals surface area contributed by atoms with Crippen LogP contribution in [0.1, 0.15) is 29.0 Å². The van der Waals surface area contributed by atoms with Crippen molar-refractivity contribution in [2.45, 2.75) is 30.3 Å². The van der Waals surface area contributed by atoms with Gasteiger partial charge in [0, 0.05) is 11.6 Å². The molecule has 2 unspecified atom stereocenters. The third-order valence-corrected chi connectivity index (χ3v) is 6.36. The molecule has 0 aliphatic heterocycles. The van der Waals surface area contributed by atoms with Gasteiger partial charge in [-0.25, -0.2) is 13.1 Å². The molecule has 1 saturated carbocycles. The maximum absolute atomic E-state index is 13.2. The number of hydrogen-bond acceptors (Lipinski definition) is 3. The van der Waals surface area contributed by atoms with Crippen molar-refractivity contribution in [2.75, 3.05) is 12.4 Å². The molecule has 1 aliphatic carbocycles. The van der Waals surface area contributed by atoms with Gasteiger partial charge in [-0.05, 0) is 55.6 Å². The van der Waals surface area contributed by atoms with Crippen LogP contribution in [0.5, 0.6) is 0 Å². The molecule has 150 valence electrons. The number of sulfonamides is 1. The van der Waals surface area contributed by atoms with Crippen LogP contribution in [0.15, 0.2) is 47.4 Å². The Morgan fingerprint density at radius 2 is 1.82 bits per heavy atom. The van der Waals surface area contributed by atoms with Crippen LogP contribution in [0.2, 0.25) is 0 Å². The Morgan fingerprint density at radius 3 is 2.46 bits per heavy atom. The van der Waals surface area contributed by atoms with E-state index in [-0.39, 0.29) is 16.1 Å². The fourth-order valence-electron chi connectivity index (χ4n) is 3.22. The quantitative estimate of drug-likeness (QED) is 0.787. The first-order chi connectivity index (χ1) is 13.0. The zero-order chi connectivity index (χ0) is 20.7. The second-order valence-electron chi connectivity index (χ2n) is 6.71. The third kappa shape index (κ3) is 4.05. The summed E-state index contributed by atoms with van der Waals surface area (Å²) in [5.74, 6) is -1.53. The average molecular weight is 412 g/mol. The van der Waals surface area contributed by atoms with Gasteiger partial charge in [0.05, 0.1) is 10.5 Å². The molecule has 0 spiro atoms. The molecule has 0 aromatic heterocycles. The second-order valence-corrected chi connectivity index (χ2v) is 8.57. The minimum Gasteiger partial charge on any atom is -0.326 e. The number of halogens is 3. The summed E-state index contributed by atoms with van der Waals surface area (Å²) in [5.41, 5.74) is 0.167. The zero-order valence-electron chi connectivity index (χ0n) is 15.2. The van der Waals surface area contributed by atoms with Crippen LogP contribution in [-0.2, 0) is 21.0 Å². The minimum atomic E-state index is -4.48. The summed E-state index contributed by atoms with van der Waals surface area (Å²) in [6, 6.07) is 9.69. The number of nitrogens with one attached hydrogen (secondary N) is 2. The molecule has 28 heavy (non-hydrogen) atoms. The summed E-state index contributed by atoms with van der Waals surface area (Å²) < 4.78 is 65.8. The molecule has 1 fully saturated rings. The van der Waals surface area contributed by atoms with Crippen molar-refractivity contribution in [3.05, 3.63) is 59.2 Å². The number of rotatable bonds is 5. The lowest BCUT2D eigenvalue weighted by Crippen LogP contribution is -2.20. The molecule has 3 rings (SSSR count). The van der Waals surface area contributed by atoms with Crippen molar-refractivity contribution in [1.82, 2.24) is 4.72 Å². The zero-order valence-corrected chi connectivity index (χ0v) is 16.0. The molecule has 5 nitrogen and oxygen atoms in total. The van der Waals surface area contributed by atoms with E-state index < -0.39 is 39.5 Å². The Hall–Kier alpha value is -2.39. The Bertz CT molecular complexity index is 1020. The molecular weight excluding hydrogens is 393 g/mol. The van der Waals surface area contributed by atoms with Gasteiger partial charge in [-0.2, -0.15) is 13.2 Å². The highest BCUT2D eigenvalue weighted by Crippen LogP contribution is 2.51. The van der Waals surface area contributed by atoms with Crippen LogP contribution in [0, 0.1) is 12.8 Å². The second kappa shape index (κ2) is 7.21. The Labute approximate surface area is 161 Å². The summed E-state index contributed by atoms with van der Waals surface area (Å²) in [6.45, 7) is 1.63. The van der Waals surface area contributed by atoms with E-state index in [4.69, 9.17) is 0 Å². The van der Waals surface area contributed by atoms with Gasteiger partial charge in [-0.15, -0.1) is 0 Å². The monoisotopic (exact) mass is 412 g/mol. The first-order valence-electron chi connectivity index (χ1n) is 8.56. The van der Waals surface area contributed by atoms with Crippen LogP contribution < -0.4 is 10.0 Å². The third-order valence-electron chi connectivity index (χ3n) is 4.81. The SMILES string of the molecule is CNS(=O)(=O)c1cc(NC(=O)C2CC2c2ccccc2C(F)(F)F)ccc1C. The van der Waals surface area contributed by atoms with Crippen LogP contribution in [0.3, 0.4) is 0 Å². The fraction of sp³-hybridized carbons (Fsp3) is 0.316. The molecule has 2 N–H and O–H groups in total. The Kier molecular flexibility index (Phi) is 5.24. The van der Waals surface area contributed by atoms with Crippen molar-refractivity contribution in [3.8, 4) is 0 Å². The largest absolute Gasteiger partial charge is 0.416 e. The normalized spacial score (nSPS) is 19.3. The van der Waals surface area contributed by atoms with Crippen LogP contribution in [0.4, 0.5) is 18.9 Å². The first kappa shape index (κ1) is 20.3. The number of hydrogen-bond donors (Lipinski definition) is 2. The topological polar surface area (TPSA) is 75.3 Å². The fourth-order valence-corrected chi connectivity index (χ4v) is 4.21. The number of carbonyl (C=O) groups excluding carboxylic acids is 1. The number of anilines is 1. The van der Waals surface area contributed by atoms with Crippen molar-refractivity contribution in [1.29, 1.82) is 0 Å². The van der Waals surface area contributed by atoms with E-state index in [1.54, 1.807) is 19.1 Å². The lowest BCUT2D eigenvalue weighted by Gasteiger charge is -2.13. The van der Waals surface area contributed by atoms with Gasteiger partial charge >= 0.3 is 6.18 Å². The number of alkyl halides is 3. The van der Waals surface area contributed by atoms with E-state index in [1.165, 1.54) is 31.3 Å². The molecule has 2 aromatic rings. The predicted octanol–water partition coefficient (Wildman–Crippen LogP) is 3.66. The van der Waals surface area contributed by atoms with E-state index in [2.05, 4.69) is 10.0 Å². The molecular formula is C19H19F3N2O3S. The average Bonchev–Trinajstić information content (AvgIpc) is 3.43. The molecule has 1 aliphatic rings. The number of aryl methyl sites for hydroxylation is 1. The van der Waals surface area contributed by atoms with Gasteiger partial charge in [0.1, 0.15) is 0 Å². The molecule has 1 amide bonds. The van der Waals surface area contributed by atoms with E-state index in [0.29, 0.717) is 12.0 Å². The number of benzene rings is 2. The molecule has 2 atom stereocenters. The van der Waals surface area contributed by atoms with Crippen molar-refractivity contribution in [3.63, 3.8) is 0 Å². The van der Waals surface area contributed by atoms with Crippen LogP contribution in [-0.4, -0.2) is 21.4 Å². The Balaban J connectivity index is 1.78. The van der Waals surface area contributed by atoms with Gasteiger partial charge in [-0.1, -0.05) is 24.3 Å². The standard InChI is InChI=1S/C19H19F3N2O3S/c1-11-7-8-12(9-17(11)28(26,27)23-2)24-18(25)15-10-14(15)13-5-3-4-6-16(13)19(20,21)22/h3-9,14-15,23H,10H2,1-2H3,(H,24,25). The molecule has 0 radical (unpaired) electrons. The highest BCUT2D eigenvalue weighted by atomic mass is 32.2. The molecule has 0 saturated heterocycles. The number of carbonyl (C=O) groups is 1. The van der Waals surface area contributed by atoms with E-state index in [1.807, 2.05) is 0 Å². The lowest BCUT2D eigenvalue weighted by molar-refractivity contribution is -0.138. The molecule has 2 aromatic carbocycles. The van der Waals surface area contributed by atoms with Crippen LogP contribution in [0.25, 0.3) is 0 Å². The smallest absolute Gasteiger partial charge is 0.326 e. The highest BCUT2D eigenvalue weighted by Gasteiger charge is 2.47. The molecule has 0 bridgehead atoms. The lowest BCUT2D eigenvalue weighted by atomic mass is 10.0. The van der Waals surface area contributed by atoms with Gasteiger partial charge in [0.15, 0.2) is 0 Å². The van der Waals surface area contributed by atoms with E-state index >= 15 is 0 Å². The van der Waals surface area contributed by atoms with Gasteiger partial charge in [-0.3, -0.25) is 4.79 Å². The minimum absolute atomic E-state index is 0.0302. The van der Waals surface area contributed by atoms with Crippen molar-refractivity contribution >= 4 is 21.6 Å².